The van der Waals surface area contributed by atoms with E-state index >= 15 is 0 Å². The van der Waals surface area contributed by atoms with Crippen LogP contribution in [0.1, 0.15) is 34.6 Å². The van der Waals surface area contributed by atoms with Crippen LogP contribution in [0.15, 0.2) is 0 Å². The Labute approximate surface area is 90.3 Å². The van der Waals surface area contributed by atoms with Crippen molar-refractivity contribution in [2.75, 3.05) is 27.2 Å². The first-order valence-electron chi connectivity index (χ1n) is 5.75. The van der Waals surface area contributed by atoms with Gasteiger partial charge in [-0.1, -0.05) is 27.7 Å². The van der Waals surface area contributed by atoms with E-state index in [1.165, 1.54) is 13.1 Å². The highest BCUT2D eigenvalue weighted by Gasteiger charge is 2.15. The van der Waals surface area contributed by atoms with Gasteiger partial charge in [0.2, 0.25) is 0 Å². The van der Waals surface area contributed by atoms with Gasteiger partial charge >= 0.3 is 0 Å². The highest BCUT2D eigenvalue weighted by molar-refractivity contribution is 4.65. The lowest BCUT2D eigenvalue weighted by atomic mass is 10.2. The fourth-order valence-corrected chi connectivity index (χ4v) is 1.79. The van der Waals surface area contributed by atoms with Crippen LogP contribution < -0.4 is 0 Å². The van der Waals surface area contributed by atoms with Crippen molar-refractivity contribution in [1.29, 1.82) is 0 Å². The summed E-state index contributed by atoms with van der Waals surface area (Å²) in [6.07, 6.45) is 0.541. The molecular weight excluding hydrogens is 172 g/mol. The van der Waals surface area contributed by atoms with Crippen molar-refractivity contribution < 1.29 is 0 Å². The number of hydrogen-bond donors (Lipinski definition) is 0. The van der Waals surface area contributed by atoms with E-state index in [-0.39, 0.29) is 0 Å². The molecule has 0 spiro atoms. The summed E-state index contributed by atoms with van der Waals surface area (Å²) < 4.78 is 0. The molecule has 0 rings (SSSR count). The Bertz CT molecular complexity index is 127. The zero-order valence-corrected chi connectivity index (χ0v) is 11.0. The van der Waals surface area contributed by atoms with Gasteiger partial charge in [-0.25, -0.2) is 0 Å². The first-order valence-corrected chi connectivity index (χ1v) is 5.75. The van der Waals surface area contributed by atoms with Gasteiger partial charge in [0.1, 0.15) is 0 Å². The SMILES string of the molecule is CC(C)CN(C)C(C)N(C)CC(C)C. The predicted octanol–water partition coefficient (Wildman–Crippen LogP) is 2.51. The quantitative estimate of drug-likeness (QED) is 0.608. The third-order valence-electron chi connectivity index (χ3n) is 2.58. The topological polar surface area (TPSA) is 6.48 Å². The average molecular weight is 200 g/mol. The molecule has 0 N–H and O–H groups in total. The molecule has 0 saturated heterocycles. The summed E-state index contributed by atoms with van der Waals surface area (Å²) in [5.41, 5.74) is 0. The summed E-state index contributed by atoms with van der Waals surface area (Å²) >= 11 is 0. The first-order chi connectivity index (χ1) is 6.34. The Morgan fingerprint density at radius 2 is 1.00 bits per heavy atom. The van der Waals surface area contributed by atoms with Crippen LogP contribution in [-0.4, -0.2) is 43.2 Å². The summed E-state index contributed by atoms with van der Waals surface area (Å²) in [5, 5.41) is 0. The molecule has 0 bridgehead atoms. The summed E-state index contributed by atoms with van der Waals surface area (Å²) in [7, 11) is 4.42. The van der Waals surface area contributed by atoms with Crippen LogP contribution in [0.2, 0.25) is 0 Å². The molecule has 0 aliphatic carbocycles. The molecule has 2 nitrogen and oxygen atoms in total. The normalized spacial score (nSPS) is 12.9. The van der Waals surface area contributed by atoms with Crippen molar-refractivity contribution in [2.45, 2.75) is 40.8 Å². The van der Waals surface area contributed by atoms with Gasteiger partial charge in [-0.2, -0.15) is 0 Å². The van der Waals surface area contributed by atoms with E-state index in [2.05, 4.69) is 58.5 Å². The Balaban J connectivity index is 3.96. The molecule has 0 atom stereocenters. The van der Waals surface area contributed by atoms with Crippen molar-refractivity contribution in [3.05, 3.63) is 0 Å². The molecule has 0 aliphatic rings. The van der Waals surface area contributed by atoms with Crippen molar-refractivity contribution >= 4 is 0 Å². The maximum atomic E-state index is 2.42. The molecule has 0 saturated carbocycles. The van der Waals surface area contributed by atoms with Crippen LogP contribution in [0.3, 0.4) is 0 Å². The zero-order chi connectivity index (χ0) is 11.3. The highest BCUT2D eigenvalue weighted by atomic mass is 15.3. The number of hydrogen-bond acceptors (Lipinski definition) is 2. The third kappa shape index (κ3) is 5.61. The lowest BCUT2D eigenvalue weighted by Gasteiger charge is -2.34. The molecule has 14 heavy (non-hydrogen) atoms. The monoisotopic (exact) mass is 200 g/mol. The zero-order valence-electron chi connectivity index (χ0n) is 11.0. The Morgan fingerprint density at radius 1 is 0.714 bits per heavy atom. The van der Waals surface area contributed by atoms with Gasteiger partial charge < -0.3 is 0 Å². The van der Waals surface area contributed by atoms with Crippen molar-refractivity contribution in [2.24, 2.45) is 11.8 Å². The van der Waals surface area contributed by atoms with E-state index in [1.54, 1.807) is 0 Å². The van der Waals surface area contributed by atoms with Crippen LogP contribution in [0.25, 0.3) is 0 Å². The maximum Gasteiger partial charge on any atom is 0.0588 e. The van der Waals surface area contributed by atoms with E-state index in [1.807, 2.05) is 0 Å². The average Bonchev–Trinajstić information content (AvgIpc) is 2.00. The largest absolute Gasteiger partial charge is 0.291 e. The van der Waals surface area contributed by atoms with Crippen LogP contribution in [-0.2, 0) is 0 Å². The molecule has 0 aliphatic heterocycles. The van der Waals surface area contributed by atoms with Gasteiger partial charge in [-0.3, -0.25) is 9.80 Å². The van der Waals surface area contributed by atoms with E-state index in [9.17, 15) is 0 Å². The van der Waals surface area contributed by atoms with E-state index in [0.717, 1.165) is 11.8 Å². The minimum Gasteiger partial charge on any atom is -0.291 e. The van der Waals surface area contributed by atoms with Crippen LogP contribution in [0.5, 0.6) is 0 Å². The highest BCUT2D eigenvalue weighted by Crippen LogP contribution is 2.07. The second-order valence-corrected chi connectivity index (χ2v) is 5.30. The van der Waals surface area contributed by atoms with Gasteiger partial charge in [0.15, 0.2) is 0 Å². The van der Waals surface area contributed by atoms with Crippen LogP contribution in [0.4, 0.5) is 0 Å². The Morgan fingerprint density at radius 3 is 1.21 bits per heavy atom. The molecule has 86 valence electrons. The molecule has 0 fully saturated rings. The van der Waals surface area contributed by atoms with Crippen molar-refractivity contribution in [1.82, 2.24) is 9.80 Å². The second-order valence-electron chi connectivity index (χ2n) is 5.30. The Kier molecular flexibility index (Phi) is 6.38. The van der Waals surface area contributed by atoms with Crippen LogP contribution >= 0.6 is 0 Å². The molecule has 0 radical (unpaired) electrons. The van der Waals surface area contributed by atoms with Gasteiger partial charge in [-0.05, 0) is 32.9 Å². The molecule has 2 heteroatoms. The number of nitrogens with zero attached hydrogens (tertiary/aromatic N) is 2. The van der Waals surface area contributed by atoms with Gasteiger partial charge in [-0.15, -0.1) is 0 Å². The fourth-order valence-electron chi connectivity index (χ4n) is 1.79. The second kappa shape index (κ2) is 6.41. The molecular formula is C12H28N2. The van der Waals surface area contributed by atoms with Crippen LogP contribution in [0, 0.1) is 11.8 Å². The summed E-state index contributed by atoms with van der Waals surface area (Å²) in [4.78, 5) is 4.85. The number of rotatable bonds is 6. The first kappa shape index (κ1) is 13.9. The van der Waals surface area contributed by atoms with Gasteiger partial charge in [0.25, 0.3) is 0 Å². The van der Waals surface area contributed by atoms with Gasteiger partial charge in [0, 0.05) is 13.1 Å². The van der Waals surface area contributed by atoms with Crippen molar-refractivity contribution in [3.63, 3.8) is 0 Å². The van der Waals surface area contributed by atoms with E-state index in [0.29, 0.717) is 6.17 Å². The maximum absolute atomic E-state index is 2.42. The molecule has 0 heterocycles. The van der Waals surface area contributed by atoms with Gasteiger partial charge in [0.05, 0.1) is 6.17 Å². The Hall–Kier alpha value is -0.0800. The molecule has 0 amide bonds. The molecule has 0 unspecified atom stereocenters. The third-order valence-corrected chi connectivity index (χ3v) is 2.58. The standard InChI is InChI=1S/C12H28N2/c1-10(2)8-13(6)12(5)14(7)9-11(3)4/h10-12H,8-9H2,1-7H3. The molecule has 0 aromatic carbocycles. The summed E-state index contributed by atoms with van der Waals surface area (Å²) in [5.74, 6) is 1.49. The summed E-state index contributed by atoms with van der Waals surface area (Å²) in [6.45, 7) is 13.7. The molecule has 0 aromatic rings. The van der Waals surface area contributed by atoms with Crippen molar-refractivity contribution in [3.8, 4) is 0 Å². The predicted molar refractivity (Wildman–Crippen MR) is 64.4 cm³/mol. The van der Waals surface area contributed by atoms with E-state index < -0.39 is 0 Å². The smallest absolute Gasteiger partial charge is 0.0588 e. The minimum absolute atomic E-state index is 0.541. The summed E-state index contributed by atoms with van der Waals surface area (Å²) in [6, 6.07) is 0. The lowest BCUT2D eigenvalue weighted by molar-refractivity contribution is 0.0791. The fraction of sp³-hybridized carbons (Fsp3) is 1.00. The van der Waals surface area contributed by atoms with E-state index in [4.69, 9.17) is 0 Å². The lowest BCUT2D eigenvalue weighted by Crippen LogP contribution is -2.45. The minimum atomic E-state index is 0.541. The molecule has 0 aromatic heterocycles.